The minimum atomic E-state index is 0. The van der Waals surface area contributed by atoms with E-state index in [-0.39, 0.29) is 24.0 Å². The highest BCUT2D eigenvalue weighted by Gasteiger charge is 2.14. The summed E-state index contributed by atoms with van der Waals surface area (Å²) in [6, 6.07) is 0. The third-order valence-electron chi connectivity index (χ3n) is 4.01. The molecule has 132 valence electrons. The number of aliphatic imine (C=N–C) groups is 1. The monoisotopic (exact) mass is 425 g/mol. The Morgan fingerprint density at radius 3 is 2.23 bits per heavy atom. The zero-order valence-corrected chi connectivity index (χ0v) is 17.2. The number of rotatable bonds is 8. The molecule has 1 aliphatic rings. The number of likely N-dealkylation sites (N-methyl/N-ethyl adjacent to an activating group) is 1. The molecule has 0 unspecified atom stereocenters. The number of nitrogens with one attached hydrogen (secondary N) is 2. The Hall–Kier alpha value is -0.0800. The zero-order chi connectivity index (χ0) is 15.5. The van der Waals surface area contributed by atoms with E-state index in [1.54, 1.807) is 0 Å². The van der Waals surface area contributed by atoms with Gasteiger partial charge in [0.1, 0.15) is 0 Å². The van der Waals surface area contributed by atoms with Gasteiger partial charge in [-0.15, -0.1) is 24.0 Å². The van der Waals surface area contributed by atoms with Gasteiger partial charge in [-0.1, -0.05) is 20.8 Å². The number of hydrogen-bond donors (Lipinski definition) is 2. The van der Waals surface area contributed by atoms with Crippen LogP contribution in [0.3, 0.4) is 0 Å². The molecule has 1 fully saturated rings. The second kappa shape index (κ2) is 13.4. The van der Waals surface area contributed by atoms with E-state index in [1.807, 2.05) is 7.05 Å². The van der Waals surface area contributed by atoms with Crippen LogP contribution in [0, 0.1) is 5.92 Å². The summed E-state index contributed by atoms with van der Waals surface area (Å²) in [7, 11) is 1.84. The summed E-state index contributed by atoms with van der Waals surface area (Å²) in [5, 5.41) is 6.73. The van der Waals surface area contributed by atoms with Gasteiger partial charge in [-0.3, -0.25) is 4.99 Å². The Kier molecular flexibility index (Phi) is 13.3. The summed E-state index contributed by atoms with van der Waals surface area (Å²) < 4.78 is 0. The Labute approximate surface area is 154 Å². The van der Waals surface area contributed by atoms with Crippen LogP contribution >= 0.6 is 24.0 Å². The number of halogens is 1. The van der Waals surface area contributed by atoms with Crippen molar-refractivity contribution in [2.45, 2.75) is 33.6 Å². The molecule has 0 bridgehead atoms. The van der Waals surface area contributed by atoms with Crippen LogP contribution in [-0.4, -0.2) is 75.2 Å². The van der Waals surface area contributed by atoms with Crippen LogP contribution in [0.5, 0.6) is 0 Å². The molecular weight excluding hydrogens is 389 g/mol. The van der Waals surface area contributed by atoms with E-state index in [1.165, 1.54) is 52.1 Å². The minimum absolute atomic E-state index is 0. The van der Waals surface area contributed by atoms with Crippen LogP contribution in [0.2, 0.25) is 0 Å². The molecule has 0 saturated carbocycles. The molecule has 0 spiro atoms. The van der Waals surface area contributed by atoms with E-state index in [2.05, 4.69) is 46.2 Å². The number of nitrogens with zero attached hydrogens (tertiary/aromatic N) is 3. The third kappa shape index (κ3) is 9.84. The Morgan fingerprint density at radius 1 is 1.05 bits per heavy atom. The fraction of sp³-hybridized carbons (Fsp3) is 0.938. The highest BCUT2D eigenvalue weighted by molar-refractivity contribution is 14.0. The van der Waals surface area contributed by atoms with Gasteiger partial charge in [0.15, 0.2) is 5.96 Å². The van der Waals surface area contributed by atoms with Crippen molar-refractivity contribution in [3.05, 3.63) is 0 Å². The second-order valence-corrected chi connectivity index (χ2v) is 6.26. The standard InChI is InChI=1S/C16H35N5.HI/c1-5-20-10-12-21(13-11-20)9-7-6-8-18-16(17-4)19-14-15(2)3;/h15H,5-14H2,1-4H3,(H2,17,18,19);1H. The molecule has 6 heteroatoms. The largest absolute Gasteiger partial charge is 0.356 e. The van der Waals surface area contributed by atoms with Gasteiger partial charge in [0.25, 0.3) is 0 Å². The SMILES string of the molecule is CCN1CCN(CCCCNC(=NC)NCC(C)C)CC1.I. The highest BCUT2D eigenvalue weighted by atomic mass is 127. The lowest BCUT2D eigenvalue weighted by molar-refractivity contribution is 0.136. The van der Waals surface area contributed by atoms with E-state index in [0.29, 0.717) is 5.92 Å². The highest BCUT2D eigenvalue weighted by Crippen LogP contribution is 2.02. The number of guanidine groups is 1. The number of hydrogen-bond acceptors (Lipinski definition) is 3. The zero-order valence-electron chi connectivity index (χ0n) is 14.9. The van der Waals surface area contributed by atoms with E-state index < -0.39 is 0 Å². The summed E-state index contributed by atoms with van der Waals surface area (Å²) >= 11 is 0. The summed E-state index contributed by atoms with van der Waals surface area (Å²) in [5.74, 6) is 1.57. The van der Waals surface area contributed by atoms with Crippen LogP contribution in [0.15, 0.2) is 4.99 Å². The van der Waals surface area contributed by atoms with Crippen LogP contribution in [0.4, 0.5) is 0 Å². The summed E-state index contributed by atoms with van der Waals surface area (Å²) in [5.41, 5.74) is 0. The first-order chi connectivity index (χ1) is 10.2. The molecule has 1 heterocycles. The maximum atomic E-state index is 4.24. The average molecular weight is 425 g/mol. The first kappa shape index (κ1) is 21.9. The number of unbranched alkanes of at least 4 members (excludes halogenated alkanes) is 1. The fourth-order valence-corrected chi connectivity index (χ4v) is 2.52. The van der Waals surface area contributed by atoms with Crippen molar-refractivity contribution in [2.24, 2.45) is 10.9 Å². The van der Waals surface area contributed by atoms with Crippen molar-refractivity contribution in [3.8, 4) is 0 Å². The van der Waals surface area contributed by atoms with Crippen LogP contribution in [0.25, 0.3) is 0 Å². The third-order valence-corrected chi connectivity index (χ3v) is 4.01. The van der Waals surface area contributed by atoms with E-state index >= 15 is 0 Å². The van der Waals surface area contributed by atoms with Crippen molar-refractivity contribution in [1.29, 1.82) is 0 Å². The second-order valence-electron chi connectivity index (χ2n) is 6.26. The molecule has 0 atom stereocenters. The Bertz CT molecular complexity index is 288. The Morgan fingerprint density at radius 2 is 1.68 bits per heavy atom. The quantitative estimate of drug-likeness (QED) is 0.270. The number of piperazine rings is 1. The molecular formula is C16H36IN5. The predicted molar refractivity (Wildman–Crippen MR) is 107 cm³/mol. The van der Waals surface area contributed by atoms with Crippen LogP contribution in [-0.2, 0) is 0 Å². The van der Waals surface area contributed by atoms with Gasteiger partial charge >= 0.3 is 0 Å². The van der Waals surface area contributed by atoms with Crippen molar-refractivity contribution in [3.63, 3.8) is 0 Å². The molecule has 1 saturated heterocycles. The molecule has 1 aliphatic heterocycles. The van der Waals surface area contributed by atoms with Crippen LogP contribution in [0.1, 0.15) is 33.6 Å². The topological polar surface area (TPSA) is 42.9 Å². The minimum Gasteiger partial charge on any atom is -0.356 e. The van der Waals surface area contributed by atoms with Crippen molar-refractivity contribution in [2.75, 3.05) is 59.4 Å². The lowest BCUT2D eigenvalue weighted by Gasteiger charge is -2.34. The molecule has 0 amide bonds. The molecule has 0 radical (unpaired) electrons. The van der Waals surface area contributed by atoms with Gasteiger partial charge in [-0.05, 0) is 31.8 Å². The van der Waals surface area contributed by atoms with Gasteiger partial charge in [-0.2, -0.15) is 0 Å². The van der Waals surface area contributed by atoms with E-state index in [4.69, 9.17) is 0 Å². The van der Waals surface area contributed by atoms with Crippen molar-refractivity contribution >= 4 is 29.9 Å². The molecule has 0 aromatic heterocycles. The molecule has 2 N–H and O–H groups in total. The fourth-order valence-electron chi connectivity index (χ4n) is 2.52. The maximum absolute atomic E-state index is 4.24. The van der Waals surface area contributed by atoms with Gasteiger partial charge in [0.2, 0.25) is 0 Å². The van der Waals surface area contributed by atoms with E-state index in [0.717, 1.165) is 19.0 Å². The summed E-state index contributed by atoms with van der Waals surface area (Å²) in [6.45, 7) is 16.0. The molecule has 0 aliphatic carbocycles. The molecule has 0 aromatic carbocycles. The first-order valence-electron chi connectivity index (χ1n) is 8.55. The lowest BCUT2D eigenvalue weighted by Crippen LogP contribution is -2.46. The van der Waals surface area contributed by atoms with E-state index in [9.17, 15) is 0 Å². The van der Waals surface area contributed by atoms with Crippen molar-refractivity contribution < 1.29 is 0 Å². The smallest absolute Gasteiger partial charge is 0.190 e. The van der Waals surface area contributed by atoms with Gasteiger partial charge in [-0.25, -0.2) is 0 Å². The molecule has 22 heavy (non-hydrogen) atoms. The average Bonchev–Trinajstić information content (AvgIpc) is 2.50. The van der Waals surface area contributed by atoms with Gasteiger partial charge in [0.05, 0.1) is 0 Å². The van der Waals surface area contributed by atoms with Crippen molar-refractivity contribution in [1.82, 2.24) is 20.4 Å². The van der Waals surface area contributed by atoms with Gasteiger partial charge in [0, 0.05) is 46.3 Å². The first-order valence-corrected chi connectivity index (χ1v) is 8.55. The molecule has 0 aromatic rings. The lowest BCUT2D eigenvalue weighted by atomic mass is 10.2. The molecule has 5 nitrogen and oxygen atoms in total. The van der Waals surface area contributed by atoms with Crippen LogP contribution < -0.4 is 10.6 Å². The summed E-state index contributed by atoms with van der Waals surface area (Å²) in [6.07, 6.45) is 2.47. The normalized spacial score (nSPS) is 17.4. The van der Waals surface area contributed by atoms with Gasteiger partial charge < -0.3 is 20.4 Å². The predicted octanol–water partition coefficient (Wildman–Crippen LogP) is 1.84. The summed E-state index contributed by atoms with van der Waals surface area (Å²) in [4.78, 5) is 9.37. The molecule has 1 rings (SSSR count). The maximum Gasteiger partial charge on any atom is 0.190 e. The Balaban J connectivity index is 0.00000441.